The highest BCUT2D eigenvalue weighted by atomic mass is 14.2. The van der Waals surface area contributed by atoms with Crippen LogP contribution in [0.2, 0.25) is 0 Å². The third-order valence-corrected chi connectivity index (χ3v) is 2.73. The highest BCUT2D eigenvalue weighted by Gasteiger charge is 2.19. The van der Waals surface area contributed by atoms with Crippen molar-refractivity contribution in [3.05, 3.63) is 77.1 Å². The normalized spacial score (nSPS) is 26.3. The molecule has 1 atom stereocenters. The van der Waals surface area contributed by atoms with Crippen LogP contribution >= 0.6 is 0 Å². The predicted molar refractivity (Wildman–Crippen MR) is 58.7 cm³/mol. The van der Waals surface area contributed by atoms with Crippen LogP contribution in [0.5, 0.6) is 0 Å². The summed E-state index contributed by atoms with van der Waals surface area (Å²) in [4.78, 5) is 0. The first-order valence-electron chi connectivity index (χ1n) is 4.86. The SMILES string of the molecule is C1=CC=CC=1C1=C2C=CC=CC2C=C1. The van der Waals surface area contributed by atoms with E-state index in [1.54, 1.807) is 0 Å². The van der Waals surface area contributed by atoms with E-state index in [4.69, 9.17) is 0 Å². The Labute approximate surface area is 83.6 Å². The molecule has 0 aliphatic heterocycles. The summed E-state index contributed by atoms with van der Waals surface area (Å²) in [5, 5.41) is 0. The van der Waals surface area contributed by atoms with Gasteiger partial charge in [-0.25, -0.2) is 0 Å². The molecule has 1 unspecified atom stereocenters. The minimum atomic E-state index is 0.485. The number of hydrogen-bond donors (Lipinski definition) is 0. The topological polar surface area (TPSA) is 0 Å². The van der Waals surface area contributed by atoms with Crippen molar-refractivity contribution >= 4 is 0 Å². The van der Waals surface area contributed by atoms with Gasteiger partial charge < -0.3 is 0 Å². The quantitative estimate of drug-likeness (QED) is 0.541. The van der Waals surface area contributed by atoms with Gasteiger partial charge in [0.05, 0.1) is 0 Å². The van der Waals surface area contributed by atoms with Crippen molar-refractivity contribution in [2.24, 2.45) is 5.92 Å². The summed E-state index contributed by atoms with van der Waals surface area (Å²) in [6, 6.07) is 0. The molecule has 3 rings (SSSR count). The lowest BCUT2D eigenvalue weighted by Gasteiger charge is -2.10. The van der Waals surface area contributed by atoms with Crippen molar-refractivity contribution in [1.29, 1.82) is 0 Å². The highest BCUT2D eigenvalue weighted by molar-refractivity contribution is 5.60. The molecular formula is C14H10. The molecule has 0 heteroatoms. The van der Waals surface area contributed by atoms with E-state index in [1.165, 1.54) is 16.7 Å². The van der Waals surface area contributed by atoms with Crippen LogP contribution in [0.25, 0.3) is 0 Å². The fourth-order valence-corrected chi connectivity index (χ4v) is 2.03. The van der Waals surface area contributed by atoms with Crippen LogP contribution in [0.15, 0.2) is 77.1 Å². The largest absolute Gasteiger partial charge is 0.112 e. The van der Waals surface area contributed by atoms with Crippen LogP contribution in [0.3, 0.4) is 0 Å². The fraction of sp³-hybridized carbons (Fsp3) is 0.0714. The average Bonchev–Trinajstić information content (AvgIpc) is 2.85. The van der Waals surface area contributed by atoms with E-state index in [0.29, 0.717) is 5.92 Å². The lowest BCUT2D eigenvalue weighted by Crippen LogP contribution is -1.96. The third-order valence-electron chi connectivity index (χ3n) is 2.73. The van der Waals surface area contributed by atoms with E-state index in [1.807, 2.05) is 12.2 Å². The number of fused-ring (bicyclic) bond motifs is 1. The van der Waals surface area contributed by atoms with E-state index in [2.05, 4.69) is 48.3 Å². The van der Waals surface area contributed by atoms with Gasteiger partial charge in [0.2, 0.25) is 0 Å². The molecule has 0 radical (unpaired) electrons. The van der Waals surface area contributed by atoms with Gasteiger partial charge in [0.15, 0.2) is 0 Å². The van der Waals surface area contributed by atoms with E-state index in [0.717, 1.165) is 0 Å². The molecule has 3 aliphatic carbocycles. The van der Waals surface area contributed by atoms with Gasteiger partial charge in [-0.3, -0.25) is 0 Å². The predicted octanol–water partition coefficient (Wildman–Crippen LogP) is 3.25. The van der Waals surface area contributed by atoms with Gasteiger partial charge in [0, 0.05) is 11.5 Å². The zero-order valence-corrected chi connectivity index (χ0v) is 7.77. The molecule has 0 saturated carbocycles. The Morgan fingerprint density at radius 3 is 2.79 bits per heavy atom. The summed E-state index contributed by atoms with van der Waals surface area (Å²) in [6.45, 7) is 0. The third kappa shape index (κ3) is 1.02. The first kappa shape index (κ1) is 7.61. The van der Waals surface area contributed by atoms with Crippen LogP contribution < -0.4 is 0 Å². The first-order valence-corrected chi connectivity index (χ1v) is 4.86. The minimum Gasteiger partial charge on any atom is -0.112 e. The molecular weight excluding hydrogens is 168 g/mol. The summed E-state index contributed by atoms with van der Waals surface area (Å²) in [6.07, 6.45) is 19.2. The number of rotatable bonds is 1. The maximum absolute atomic E-state index is 3.25. The molecule has 0 nitrogen and oxygen atoms in total. The van der Waals surface area contributed by atoms with Crippen LogP contribution in [-0.2, 0) is 0 Å². The lowest BCUT2D eigenvalue weighted by molar-refractivity contribution is 1.01. The van der Waals surface area contributed by atoms with Crippen molar-refractivity contribution in [2.75, 3.05) is 0 Å². The molecule has 0 fully saturated rings. The maximum Gasteiger partial charge on any atom is 0.0240 e. The van der Waals surface area contributed by atoms with E-state index in [-0.39, 0.29) is 0 Å². The van der Waals surface area contributed by atoms with Crippen molar-refractivity contribution in [2.45, 2.75) is 0 Å². The Morgan fingerprint density at radius 1 is 0.929 bits per heavy atom. The molecule has 0 N–H and O–H groups in total. The minimum absolute atomic E-state index is 0.485. The van der Waals surface area contributed by atoms with Gasteiger partial charge in [0.25, 0.3) is 0 Å². The van der Waals surface area contributed by atoms with Gasteiger partial charge in [-0.15, -0.1) is 5.73 Å². The maximum atomic E-state index is 3.25. The van der Waals surface area contributed by atoms with E-state index in [9.17, 15) is 0 Å². The van der Waals surface area contributed by atoms with Gasteiger partial charge in [-0.1, -0.05) is 42.5 Å². The molecule has 0 bridgehead atoms. The van der Waals surface area contributed by atoms with Crippen LogP contribution in [0.4, 0.5) is 0 Å². The molecule has 0 aromatic carbocycles. The molecule has 0 heterocycles. The molecule has 0 spiro atoms. The summed E-state index contributed by atoms with van der Waals surface area (Å²) < 4.78 is 0. The Balaban J connectivity index is 2.12. The molecule has 66 valence electrons. The summed E-state index contributed by atoms with van der Waals surface area (Å²) in [7, 11) is 0. The van der Waals surface area contributed by atoms with Crippen molar-refractivity contribution in [3.8, 4) is 0 Å². The molecule has 0 saturated heterocycles. The molecule has 0 aromatic rings. The average molecular weight is 178 g/mol. The Bertz CT molecular complexity index is 484. The molecule has 14 heavy (non-hydrogen) atoms. The zero-order valence-electron chi connectivity index (χ0n) is 7.77. The Morgan fingerprint density at radius 2 is 1.93 bits per heavy atom. The van der Waals surface area contributed by atoms with E-state index >= 15 is 0 Å². The fourth-order valence-electron chi connectivity index (χ4n) is 2.03. The number of allylic oxidation sites excluding steroid dienone is 11. The highest BCUT2D eigenvalue weighted by Crippen LogP contribution is 2.34. The van der Waals surface area contributed by atoms with Crippen molar-refractivity contribution in [3.63, 3.8) is 0 Å². The van der Waals surface area contributed by atoms with Gasteiger partial charge in [0.1, 0.15) is 0 Å². The standard InChI is InChI=1S/C14H10/c1-2-6-11(5-1)14-10-9-12-7-3-4-8-13(12)14/h1-5,7-10,12H. The molecule has 0 amide bonds. The second kappa shape index (κ2) is 2.87. The van der Waals surface area contributed by atoms with E-state index < -0.39 is 0 Å². The van der Waals surface area contributed by atoms with Crippen molar-refractivity contribution < 1.29 is 0 Å². The van der Waals surface area contributed by atoms with Gasteiger partial charge in [-0.2, -0.15) is 0 Å². The second-order valence-electron chi connectivity index (χ2n) is 3.58. The monoisotopic (exact) mass is 178 g/mol. The van der Waals surface area contributed by atoms with Gasteiger partial charge >= 0.3 is 0 Å². The van der Waals surface area contributed by atoms with Gasteiger partial charge in [-0.05, 0) is 23.3 Å². The summed E-state index contributed by atoms with van der Waals surface area (Å²) >= 11 is 0. The zero-order chi connectivity index (χ0) is 9.38. The van der Waals surface area contributed by atoms with Crippen LogP contribution in [-0.4, -0.2) is 0 Å². The molecule has 3 aliphatic rings. The van der Waals surface area contributed by atoms with Crippen LogP contribution in [0, 0.1) is 5.92 Å². The molecule has 0 aromatic heterocycles. The Hall–Kier alpha value is -1.78. The Kier molecular flexibility index (Phi) is 1.56. The lowest BCUT2D eigenvalue weighted by atomic mass is 9.94. The smallest absolute Gasteiger partial charge is 0.0240 e. The summed E-state index contributed by atoms with van der Waals surface area (Å²) in [5.41, 5.74) is 7.17. The van der Waals surface area contributed by atoms with Crippen LogP contribution in [0.1, 0.15) is 0 Å². The second-order valence-corrected chi connectivity index (χ2v) is 3.58. The number of hydrogen-bond acceptors (Lipinski definition) is 0. The first-order chi connectivity index (χ1) is 6.95. The van der Waals surface area contributed by atoms with Crippen molar-refractivity contribution in [1.82, 2.24) is 0 Å². The summed E-state index contributed by atoms with van der Waals surface area (Å²) in [5.74, 6) is 0.485.